The molecule has 4 N–H and O–H groups in total. The third kappa shape index (κ3) is 2.42. The zero-order valence-electron chi connectivity index (χ0n) is 11.6. The van der Waals surface area contributed by atoms with E-state index < -0.39 is 5.91 Å². The van der Waals surface area contributed by atoms with E-state index in [-0.39, 0.29) is 5.69 Å². The molecule has 0 bridgehead atoms. The van der Waals surface area contributed by atoms with Crippen molar-refractivity contribution in [3.05, 3.63) is 45.6 Å². The Balaban J connectivity index is 1.92. The molecular formula is C14H17N5O2. The van der Waals surface area contributed by atoms with Crippen molar-refractivity contribution >= 4 is 11.6 Å². The van der Waals surface area contributed by atoms with Gasteiger partial charge in [0, 0.05) is 24.2 Å². The Hall–Kier alpha value is -2.57. The topological polar surface area (TPSA) is 109 Å². The number of rotatable bonds is 3. The second-order valence-electron chi connectivity index (χ2n) is 5.24. The Morgan fingerprint density at radius 2 is 2.14 bits per heavy atom. The lowest BCUT2D eigenvalue weighted by Crippen LogP contribution is -2.27. The first-order valence-corrected chi connectivity index (χ1v) is 6.91. The van der Waals surface area contributed by atoms with Crippen LogP contribution in [0.5, 0.6) is 0 Å². The van der Waals surface area contributed by atoms with E-state index in [1.165, 1.54) is 10.7 Å². The predicted octanol–water partition coefficient (Wildman–Crippen LogP) is 0.110. The van der Waals surface area contributed by atoms with Crippen LogP contribution in [0, 0.1) is 0 Å². The number of fused-ring (bicyclic) bond motifs is 1. The number of primary amides is 1. The van der Waals surface area contributed by atoms with E-state index in [1.807, 2.05) is 0 Å². The summed E-state index contributed by atoms with van der Waals surface area (Å²) in [5.41, 5.74) is 12.6. The number of nitrogen functional groups attached to an aromatic ring is 1. The summed E-state index contributed by atoms with van der Waals surface area (Å²) in [6.45, 7) is 1.02. The van der Waals surface area contributed by atoms with Crippen LogP contribution < -0.4 is 17.2 Å². The minimum Gasteiger partial charge on any atom is -0.398 e. The molecule has 7 heteroatoms. The van der Waals surface area contributed by atoms with E-state index in [4.69, 9.17) is 11.5 Å². The molecule has 0 unspecified atom stereocenters. The van der Waals surface area contributed by atoms with Gasteiger partial charge in [0.05, 0.1) is 6.54 Å². The minimum atomic E-state index is -0.525. The van der Waals surface area contributed by atoms with E-state index in [2.05, 4.69) is 5.10 Å². The molecule has 0 fully saturated rings. The monoisotopic (exact) mass is 287 g/mol. The Kier molecular flexibility index (Phi) is 3.25. The number of nitrogens with zero attached hydrogens (tertiary/aromatic N) is 3. The molecule has 1 aromatic heterocycles. The summed E-state index contributed by atoms with van der Waals surface area (Å²) >= 11 is 0. The summed E-state index contributed by atoms with van der Waals surface area (Å²) in [6, 6.07) is 4.84. The van der Waals surface area contributed by atoms with Crippen molar-refractivity contribution in [2.45, 2.75) is 32.4 Å². The van der Waals surface area contributed by atoms with E-state index in [1.54, 1.807) is 16.7 Å². The largest absolute Gasteiger partial charge is 0.398 e. The standard InChI is InChI=1S/C14H17N5O2/c15-11-7-9(13(16)20)4-5-10(11)8-19-14(21)18-6-2-1-3-12(18)17-19/h4-5,7H,1-3,6,8,15H2,(H2,16,20). The highest BCUT2D eigenvalue weighted by molar-refractivity contribution is 5.93. The molecule has 110 valence electrons. The number of nitrogens with two attached hydrogens (primary N) is 2. The van der Waals surface area contributed by atoms with Crippen LogP contribution in [0.1, 0.15) is 34.6 Å². The fourth-order valence-corrected chi connectivity index (χ4v) is 2.61. The average Bonchev–Trinajstić information content (AvgIpc) is 2.78. The van der Waals surface area contributed by atoms with Gasteiger partial charge in [-0.2, -0.15) is 5.10 Å². The molecule has 21 heavy (non-hydrogen) atoms. The fraction of sp³-hybridized carbons (Fsp3) is 0.357. The van der Waals surface area contributed by atoms with Crippen LogP contribution in [0.3, 0.4) is 0 Å². The second-order valence-corrected chi connectivity index (χ2v) is 5.24. The minimum absolute atomic E-state index is 0.108. The average molecular weight is 287 g/mol. The van der Waals surface area contributed by atoms with Crippen molar-refractivity contribution in [2.75, 3.05) is 5.73 Å². The van der Waals surface area contributed by atoms with Gasteiger partial charge in [-0.1, -0.05) is 6.07 Å². The lowest BCUT2D eigenvalue weighted by atomic mass is 10.1. The van der Waals surface area contributed by atoms with E-state index in [0.717, 1.165) is 37.2 Å². The number of carbonyl (C=O) groups is 1. The number of carbonyl (C=O) groups excluding carboxylic acids is 1. The maximum Gasteiger partial charge on any atom is 0.346 e. The zero-order valence-corrected chi connectivity index (χ0v) is 11.6. The van der Waals surface area contributed by atoms with Crippen LogP contribution in [-0.4, -0.2) is 20.3 Å². The van der Waals surface area contributed by atoms with Crippen molar-refractivity contribution in [3.63, 3.8) is 0 Å². The van der Waals surface area contributed by atoms with Gasteiger partial charge in [-0.15, -0.1) is 0 Å². The maximum absolute atomic E-state index is 12.3. The number of aryl methyl sites for hydroxylation is 1. The molecule has 0 aliphatic carbocycles. The van der Waals surface area contributed by atoms with Gasteiger partial charge in [0.2, 0.25) is 5.91 Å². The van der Waals surface area contributed by atoms with Crippen LogP contribution in [-0.2, 0) is 19.5 Å². The Morgan fingerprint density at radius 3 is 2.81 bits per heavy atom. The molecule has 7 nitrogen and oxygen atoms in total. The molecule has 1 aliphatic heterocycles. The summed E-state index contributed by atoms with van der Waals surface area (Å²) < 4.78 is 3.15. The molecule has 3 rings (SSSR count). The first-order chi connectivity index (χ1) is 10.1. The van der Waals surface area contributed by atoms with Crippen LogP contribution >= 0.6 is 0 Å². The summed E-state index contributed by atoms with van der Waals surface area (Å²) in [7, 11) is 0. The molecule has 2 aromatic rings. The Labute approximate surface area is 121 Å². The summed E-state index contributed by atoms with van der Waals surface area (Å²) in [4.78, 5) is 23.4. The van der Waals surface area contributed by atoms with Crippen LogP contribution in [0.2, 0.25) is 0 Å². The number of anilines is 1. The fourth-order valence-electron chi connectivity index (χ4n) is 2.61. The van der Waals surface area contributed by atoms with Crippen molar-refractivity contribution in [1.29, 1.82) is 0 Å². The van der Waals surface area contributed by atoms with E-state index >= 15 is 0 Å². The molecule has 0 atom stereocenters. The molecule has 0 saturated heterocycles. The van der Waals surface area contributed by atoms with Crippen molar-refractivity contribution in [3.8, 4) is 0 Å². The molecule has 0 spiro atoms. The van der Waals surface area contributed by atoms with Gasteiger partial charge in [0.25, 0.3) is 0 Å². The summed E-state index contributed by atoms with van der Waals surface area (Å²) in [5, 5.41) is 4.36. The van der Waals surface area contributed by atoms with Gasteiger partial charge < -0.3 is 11.5 Å². The van der Waals surface area contributed by atoms with Gasteiger partial charge >= 0.3 is 5.69 Å². The third-order valence-electron chi connectivity index (χ3n) is 3.78. The van der Waals surface area contributed by atoms with E-state index in [0.29, 0.717) is 17.8 Å². The molecule has 0 saturated carbocycles. The number of amides is 1. The third-order valence-corrected chi connectivity index (χ3v) is 3.78. The van der Waals surface area contributed by atoms with Crippen LogP contribution in [0.25, 0.3) is 0 Å². The lowest BCUT2D eigenvalue weighted by molar-refractivity contribution is 0.100. The first kappa shape index (κ1) is 13.4. The van der Waals surface area contributed by atoms with Crippen molar-refractivity contribution in [1.82, 2.24) is 14.3 Å². The van der Waals surface area contributed by atoms with Crippen molar-refractivity contribution in [2.24, 2.45) is 5.73 Å². The number of hydrogen-bond acceptors (Lipinski definition) is 4. The number of hydrogen-bond donors (Lipinski definition) is 2. The summed E-state index contributed by atoms with van der Waals surface area (Å²) in [5.74, 6) is 0.307. The highest BCUT2D eigenvalue weighted by atomic mass is 16.2. The zero-order chi connectivity index (χ0) is 15.0. The predicted molar refractivity (Wildman–Crippen MR) is 77.9 cm³/mol. The lowest BCUT2D eigenvalue weighted by Gasteiger charge is -2.09. The highest BCUT2D eigenvalue weighted by Gasteiger charge is 2.17. The smallest absolute Gasteiger partial charge is 0.346 e. The molecular weight excluding hydrogens is 270 g/mol. The van der Waals surface area contributed by atoms with Gasteiger partial charge in [0.1, 0.15) is 5.82 Å². The van der Waals surface area contributed by atoms with Crippen LogP contribution in [0.4, 0.5) is 5.69 Å². The molecule has 2 heterocycles. The molecule has 1 amide bonds. The number of aromatic nitrogens is 3. The first-order valence-electron chi connectivity index (χ1n) is 6.91. The SMILES string of the molecule is NC(=O)c1ccc(Cn2nc3n(c2=O)CCCC3)c(N)c1. The van der Waals surface area contributed by atoms with Gasteiger partial charge in [-0.25, -0.2) is 9.48 Å². The molecule has 0 radical (unpaired) electrons. The van der Waals surface area contributed by atoms with Gasteiger partial charge in [-0.3, -0.25) is 9.36 Å². The highest BCUT2D eigenvalue weighted by Crippen LogP contribution is 2.16. The Bertz CT molecular complexity index is 759. The second kappa shape index (κ2) is 5.08. The molecule has 1 aliphatic rings. The normalized spacial score (nSPS) is 13.9. The van der Waals surface area contributed by atoms with Crippen molar-refractivity contribution < 1.29 is 4.79 Å². The van der Waals surface area contributed by atoms with Gasteiger partial charge in [0.15, 0.2) is 0 Å². The number of benzene rings is 1. The maximum atomic E-state index is 12.3. The summed E-state index contributed by atoms with van der Waals surface area (Å²) in [6.07, 6.45) is 2.90. The molecule has 1 aromatic carbocycles. The van der Waals surface area contributed by atoms with Crippen LogP contribution in [0.15, 0.2) is 23.0 Å². The van der Waals surface area contributed by atoms with Gasteiger partial charge in [-0.05, 0) is 30.5 Å². The van der Waals surface area contributed by atoms with E-state index in [9.17, 15) is 9.59 Å². The quantitative estimate of drug-likeness (QED) is 0.781. The Morgan fingerprint density at radius 1 is 1.33 bits per heavy atom.